The van der Waals surface area contributed by atoms with Crippen LogP contribution < -0.4 is 20.7 Å². The van der Waals surface area contributed by atoms with Crippen molar-refractivity contribution in [2.45, 2.75) is 96.4 Å². The van der Waals surface area contributed by atoms with Crippen molar-refractivity contribution < 1.29 is 24.2 Å². The average Bonchev–Trinajstić information content (AvgIpc) is 3.07. The summed E-state index contributed by atoms with van der Waals surface area (Å²) in [7, 11) is 0. The Morgan fingerprint density at radius 3 is 2.15 bits per heavy atom. The van der Waals surface area contributed by atoms with Gasteiger partial charge in [0.1, 0.15) is 17.5 Å². The summed E-state index contributed by atoms with van der Waals surface area (Å²) in [5.41, 5.74) is 1.40. The molecule has 0 saturated heterocycles. The van der Waals surface area contributed by atoms with Crippen molar-refractivity contribution in [2.24, 2.45) is 11.8 Å². The van der Waals surface area contributed by atoms with Gasteiger partial charge < -0.3 is 25.8 Å². The van der Waals surface area contributed by atoms with Gasteiger partial charge in [0.05, 0.1) is 12.1 Å². The topological polar surface area (TPSA) is 117 Å². The molecule has 0 spiro atoms. The molecule has 0 heterocycles. The number of hydrogen-bond donors (Lipinski definition) is 4. The fraction of sp³-hybridized carbons (Fsp3) is 0.447. The van der Waals surface area contributed by atoms with Gasteiger partial charge in [0, 0.05) is 18.5 Å². The number of benzene rings is 3. The van der Waals surface area contributed by atoms with Gasteiger partial charge in [0.15, 0.2) is 0 Å². The Labute approximate surface area is 273 Å². The van der Waals surface area contributed by atoms with Gasteiger partial charge in [0.25, 0.3) is 5.91 Å². The lowest BCUT2D eigenvalue weighted by Gasteiger charge is -2.36. The summed E-state index contributed by atoms with van der Waals surface area (Å²) in [4.78, 5) is 39.2. The number of nitrogens with one attached hydrogen (secondary N) is 3. The van der Waals surface area contributed by atoms with E-state index in [1.807, 2.05) is 74.5 Å². The van der Waals surface area contributed by atoms with E-state index in [4.69, 9.17) is 4.74 Å². The highest BCUT2D eigenvalue weighted by atomic mass is 16.5. The maximum atomic E-state index is 13.6. The molecule has 3 amide bonds. The highest BCUT2D eigenvalue weighted by Gasteiger charge is 2.34. The number of para-hydroxylation sites is 1. The van der Waals surface area contributed by atoms with Crippen molar-refractivity contribution in [3.05, 3.63) is 96.1 Å². The van der Waals surface area contributed by atoms with Crippen LogP contribution in [0.1, 0.15) is 81.6 Å². The summed E-state index contributed by atoms with van der Waals surface area (Å²) in [6.45, 7) is 5.37. The predicted octanol–water partition coefficient (Wildman–Crippen LogP) is 6.19. The normalized spacial score (nSPS) is 16.7. The van der Waals surface area contributed by atoms with Gasteiger partial charge in [0.2, 0.25) is 11.8 Å². The van der Waals surface area contributed by atoms with E-state index in [-0.39, 0.29) is 42.0 Å². The molecule has 0 aromatic heterocycles. The van der Waals surface area contributed by atoms with Crippen molar-refractivity contribution in [2.75, 3.05) is 0 Å². The summed E-state index contributed by atoms with van der Waals surface area (Å²) < 4.78 is 5.95. The highest BCUT2D eigenvalue weighted by Crippen LogP contribution is 2.30. The summed E-state index contributed by atoms with van der Waals surface area (Å²) in [6, 6.07) is 24.5. The Balaban J connectivity index is 1.54. The third kappa shape index (κ3) is 10.4. The number of aliphatic hydroxyl groups is 1. The molecule has 4 N–H and O–H groups in total. The van der Waals surface area contributed by atoms with E-state index in [1.54, 1.807) is 24.3 Å². The average molecular weight is 628 g/mol. The molecule has 4 rings (SSSR count). The fourth-order valence-corrected chi connectivity index (χ4v) is 6.25. The smallest absolute Gasteiger partial charge is 0.251 e. The molecule has 3 aromatic rings. The van der Waals surface area contributed by atoms with Gasteiger partial charge in [-0.15, -0.1) is 0 Å². The van der Waals surface area contributed by atoms with E-state index in [9.17, 15) is 19.5 Å². The lowest BCUT2D eigenvalue weighted by molar-refractivity contribution is -0.130. The first-order valence-corrected chi connectivity index (χ1v) is 16.7. The summed E-state index contributed by atoms with van der Waals surface area (Å²) in [5, 5.41) is 21.0. The van der Waals surface area contributed by atoms with Crippen molar-refractivity contribution >= 4 is 17.7 Å². The zero-order chi connectivity index (χ0) is 32.9. The van der Waals surface area contributed by atoms with Crippen LogP contribution in [0.5, 0.6) is 11.5 Å². The summed E-state index contributed by atoms with van der Waals surface area (Å²) >= 11 is 0. The molecule has 246 valence electrons. The maximum absolute atomic E-state index is 13.6. The van der Waals surface area contributed by atoms with Crippen molar-refractivity contribution in [3.63, 3.8) is 0 Å². The van der Waals surface area contributed by atoms with Crippen molar-refractivity contribution in [1.82, 2.24) is 16.0 Å². The van der Waals surface area contributed by atoms with Crippen LogP contribution in [0.2, 0.25) is 0 Å². The lowest BCUT2D eigenvalue weighted by atomic mass is 9.80. The van der Waals surface area contributed by atoms with Crippen LogP contribution in [-0.4, -0.2) is 47.1 Å². The zero-order valence-corrected chi connectivity index (χ0v) is 27.3. The molecule has 8 heteroatoms. The Morgan fingerprint density at radius 2 is 1.50 bits per heavy atom. The molecular formula is C38H49N3O5. The van der Waals surface area contributed by atoms with Crippen LogP contribution in [0, 0.1) is 11.8 Å². The minimum atomic E-state index is -0.942. The summed E-state index contributed by atoms with van der Waals surface area (Å²) in [5.74, 6) is 0.551. The number of carbonyl (C=O) groups excluding carboxylic acids is 3. The molecule has 0 bridgehead atoms. The number of hydrogen-bond acceptors (Lipinski definition) is 5. The minimum absolute atomic E-state index is 0.0485. The quantitative estimate of drug-likeness (QED) is 0.160. The minimum Gasteiger partial charge on any atom is -0.457 e. The van der Waals surface area contributed by atoms with Crippen LogP contribution in [0.3, 0.4) is 0 Å². The maximum Gasteiger partial charge on any atom is 0.251 e. The second-order valence-corrected chi connectivity index (χ2v) is 12.6. The molecule has 1 fully saturated rings. The van der Waals surface area contributed by atoms with Gasteiger partial charge in [-0.25, -0.2) is 0 Å². The fourth-order valence-electron chi connectivity index (χ4n) is 6.25. The van der Waals surface area contributed by atoms with Crippen LogP contribution in [0.25, 0.3) is 0 Å². The standard InChI is InChI=1S/C38H49N3O5/c1-4-26(2)36(39-27(3)42)38(45)40-33(29-17-10-6-11-18-29)25-35(43)34(23-28-15-8-5-9-16-28)41-37(44)30-19-14-22-32(24-30)46-31-20-12-7-13-21-31/h5,7-9,12-16,19-22,24,26,29,33-36,43H,4,6,10-11,17-18,23,25H2,1-3H3,(H,39,42)(H,40,45)(H,41,44). The molecule has 8 nitrogen and oxygen atoms in total. The Bertz CT molecular complexity index is 1390. The van der Waals surface area contributed by atoms with Crippen molar-refractivity contribution in [3.8, 4) is 11.5 Å². The van der Waals surface area contributed by atoms with E-state index in [2.05, 4.69) is 16.0 Å². The van der Waals surface area contributed by atoms with Crippen LogP contribution in [0.15, 0.2) is 84.9 Å². The van der Waals surface area contributed by atoms with E-state index in [0.717, 1.165) is 44.1 Å². The Hall–Kier alpha value is -4.17. The number of amides is 3. The largest absolute Gasteiger partial charge is 0.457 e. The third-order valence-corrected chi connectivity index (χ3v) is 9.05. The molecule has 5 atom stereocenters. The number of rotatable bonds is 15. The van der Waals surface area contributed by atoms with Gasteiger partial charge >= 0.3 is 0 Å². The van der Waals surface area contributed by atoms with Gasteiger partial charge in [-0.05, 0) is 73.4 Å². The predicted molar refractivity (Wildman–Crippen MR) is 181 cm³/mol. The van der Waals surface area contributed by atoms with Gasteiger partial charge in [-0.3, -0.25) is 14.4 Å². The van der Waals surface area contributed by atoms with E-state index in [1.165, 1.54) is 6.92 Å². The third-order valence-electron chi connectivity index (χ3n) is 9.05. The molecule has 0 radical (unpaired) electrons. The Kier molecular flexibility index (Phi) is 13.2. The highest BCUT2D eigenvalue weighted by molar-refractivity contribution is 5.94. The van der Waals surface area contributed by atoms with E-state index in [0.29, 0.717) is 23.5 Å². The van der Waals surface area contributed by atoms with Gasteiger partial charge in [-0.2, -0.15) is 0 Å². The first kappa shape index (κ1) is 34.7. The van der Waals surface area contributed by atoms with Crippen molar-refractivity contribution in [1.29, 1.82) is 0 Å². The SMILES string of the molecule is CCC(C)C(NC(C)=O)C(=O)NC(CC(O)C(Cc1ccccc1)NC(=O)c1cccc(Oc2ccccc2)c1)C1CCCCC1. The molecule has 46 heavy (non-hydrogen) atoms. The lowest BCUT2D eigenvalue weighted by Crippen LogP contribution is -2.55. The summed E-state index contributed by atoms with van der Waals surface area (Å²) in [6.07, 6.45) is 5.69. The second kappa shape index (κ2) is 17.5. The van der Waals surface area contributed by atoms with Crippen LogP contribution >= 0.6 is 0 Å². The van der Waals surface area contributed by atoms with E-state index < -0.39 is 18.2 Å². The monoisotopic (exact) mass is 627 g/mol. The van der Waals surface area contributed by atoms with Crippen LogP contribution in [0.4, 0.5) is 0 Å². The Morgan fingerprint density at radius 1 is 0.848 bits per heavy atom. The molecule has 1 aliphatic rings. The number of carbonyl (C=O) groups is 3. The number of ether oxygens (including phenoxy) is 1. The molecular weight excluding hydrogens is 578 g/mol. The molecule has 1 aliphatic carbocycles. The first-order chi connectivity index (χ1) is 22.2. The molecule has 0 aliphatic heterocycles. The first-order valence-electron chi connectivity index (χ1n) is 16.7. The van der Waals surface area contributed by atoms with Gasteiger partial charge in [-0.1, -0.05) is 94.1 Å². The van der Waals surface area contributed by atoms with E-state index >= 15 is 0 Å². The molecule has 1 saturated carbocycles. The number of aliphatic hydroxyl groups excluding tert-OH is 1. The zero-order valence-electron chi connectivity index (χ0n) is 27.3. The van der Waals surface area contributed by atoms with Crippen LogP contribution in [-0.2, 0) is 16.0 Å². The molecule has 5 unspecified atom stereocenters. The molecule has 3 aromatic carbocycles. The second-order valence-electron chi connectivity index (χ2n) is 12.6.